The molecular formula is C65H53N. The molecule has 1 nitrogen and oxygen atoms in total. The van der Waals surface area contributed by atoms with Crippen LogP contribution in [0.1, 0.15) is 48.8 Å². The molecule has 0 unspecified atom stereocenters. The number of anilines is 3. The molecule has 4 bridgehead atoms. The van der Waals surface area contributed by atoms with Crippen molar-refractivity contribution in [2.24, 2.45) is 23.7 Å². The average Bonchev–Trinajstić information content (AvgIpc) is 3.66. The molecule has 0 aromatic heterocycles. The van der Waals surface area contributed by atoms with Crippen molar-refractivity contribution >= 4 is 17.1 Å². The Morgan fingerprint density at radius 1 is 0.333 bits per heavy atom. The number of hydrogen-bond acceptors (Lipinski definition) is 1. The predicted molar refractivity (Wildman–Crippen MR) is 276 cm³/mol. The van der Waals surface area contributed by atoms with E-state index in [0.717, 1.165) is 23.2 Å². The fraction of sp³-hybridized carbons (Fsp3) is 0.169. The highest BCUT2D eigenvalue weighted by molar-refractivity contribution is 5.99. The Bertz CT molecular complexity index is 3160. The molecule has 5 aliphatic rings. The first kappa shape index (κ1) is 39.2. The largest absolute Gasteiger partial charge is 0.310 e. The van der Waals surface area contributed by atoms with Crippen LogP contribution in [-0.4, -0.2) is 0 Å². The van der Waals surface area contributed by atoms with Crippen molar-refractivity contribution < 1.29 is 0 Å². The maximum atomic E-state index is 2.68. The van der Waals surface area contributed by atoms with Crippen LogP contribution >= 0.6 is 0 Å². The van der Waals surface area contributed by atoms with Crippen LogP contribution in [-0.2, 0) is 5.41 Å². The minimum atomic E-state index is -0.0492. The molecule has 0 N–H and O–H groups in total. The first-order valence-electron chi connectivity index (χ1n) is 24.3. The molecule has 66 heavy (non-hydrogen) atoms. The van der Waals surface area contributed by atoms with Gasteiger partial charge in [0.2, 0.25) is 0 Å². The molecule has 1 heteroatoms. The Kier molecular flexibility index (Phi) is 9.34. The molecule has 9 aromatic carbocycles. The fourth-order valence-corrected chi connectivity index (χ4v) is 13.7. The summed E-state index contributed by atoms with van der Waals surface area (Å²) in [5, 5.41) is 0. The van der Waals surface area contributed by atoms with Gasteiger partial charge in [-0.25, -0.2) is 0 Å². The van der Waals surface area contributed by atoms with Gasteiger partial charge < -0.3 is 4.90 Å². The van der Waals surface area contributed by atoms with Crippen LogP contribution < -0.4 is 4.90 Å². The van der Waals surface area contributed by atoms with Crippen LogP contribution in [0.5, 0.6) is 0 Å². The lowest BCUT2D eigenvalue weighted by Crippen LogP contribution is -2.55. The van der Waals surface area contributed by atoms with Gasteiger partial charge in [-0.15, -0.1) is 0 Å². The average molecular weight is 848 g/mol. The van der Waals surface area contributed by atoms with E-state index in [0.29, 0.717) is 11.8 Å². The molecule has 4 saturated carbocycles. The molecule has 9 aromatic rings. The molecule has 0 aliphatic heterocycles. The van der Waals surface area contributed by atoms with E-state index in [2.05, 4.69) is 230 Å². The molecule has 0 atom stereocenters. The van der Waals surface area contributed by atoms with Gasteiger partial charge in [0.25, 0.3) is 0 Å². The molecule has 4 fully saturated rings. The number of nitrogens with zero attached hydrogens (tertiary/aromatic N) is 1. The molecule has 0 amide bonds. The van der Waals surface area contributed by atoms with Gasteiger partial charge in [-0.1, -0.05) is 176 Å². The van der Waals surface area contributed by atoms with E-state index in [9.17, 15) is 0 Å². The second-order valence-electron chi connectivity index (χ2n) is 19.7. The van der Waals surface area contributed by atoms with E-state index in [1.165, 1.54) is 110 Å². The number of rotatable bonds is 8. The van der Waals surface area contributed by atoms with Crippen LogP contribution in [0.3, 0.4) is 0 Å². The zero-order valence-electron chi connectivity index (χ0n) is 37.6. The maximum Gasteiger partial charge on any atom is 0.0471 e. The minimum Gasteiger partial charge on any atom is -0.310 e. The summed E-state index contributed by atoms with van der Waals surface area (Å²) >= 11 is 0. The SMILES string of the molecule is Cc1ccccc1-c1cc(N(c2cccc(-c3ccccc3)c2)c2cccc(-c3ccccc3)c2)cc2c1-c1cc(-c3ccccc3-c3ccccc3)ccc1C21C2CC3CC(C2)CC1C3. The molecule has 318 valence electrons. The van der Waals surface area contributed by atoms with Crippen molar-refractivity contribution in [2.75, 3.05) is 4.90 Å². The lowest BCUT2D eigenvalue weighted by Gasteiger charge is -2.61. The molecule has 14 rings (SSSR count). The first-order chi connectivity index (χ1) is 32.6. The number of hydrogen-bond donors (Lipinski definition) is 0. The molecular weight excluding hydrogens is 795 g/mol. The number of fused-ring (bicyclic) bond motifs is 3. The Morgan fingerprint density at radius 3 is 1.41 bits per heavy atom. The maximum absolute atomic E-state index is 2.68. The van der Waals surface area contributed by atoms with Crippen LogP contribution in [0, 0.1) is 30.6 Å². The van der Waals surface area contributed by atoms with Crippen molar-refractivity contribution in [1.82, 2.24) is 0 Å². The molecule has 0 heterocycles. The van der Waals surface area contributed by atoms with Crippen molar-refractivity contribution in [1.29, 1.82) is 0 Å². The van der Waals surface area contributed by atoms with Crippen molar-refractivity contribution in [3.05, 3.63) is 235 Å². The van der Waals surface area contributed by atoms with Crippen LogP contribution in [0.25, 0.3) is 66.8 Å². The predicted octanol–water partition coefficient (Wildman–Crippen LogP) is 17.5. The van der Waals surface area contributed by atoms with E-state index < -0.39 is 0 Å². The lowest BCUT2D eigenvalue weighted by molar-refractivity contribution is -0.0399. The van der Waals surface area contributed by atoms with Gasteiger partial charge in [-0.05, 0) is 189 Å². The highest BCUT2D eigenvalue weighted by Crippen LogP contribution is 2.71. The Balaban J connectivity index is 1.10. The van der Waals surface area contributed by atoms with Gasteiger partial charge >= 0.3 is 0 Å². The van der Waals surface area contributed by atoms with Gasteiger partial charge in [0, 0.05) is 22.5 Å². The Morgan fingerprint density at radius 2 is 0.833 bits per heavy atom. The highest BCUT2D eigenvalue weighted by Gasteiger charge is 2.62. The summed E-state index contributed by atoms with van der Waals surface area (Å²) in [6.45, 7) is 2.31. The lowest BCUT2D eigenvalue weighted by atomic mass is 9.43. The number of benzene rings is 9. The topological polar surface area (TPSA) is 3.24 Å². The third-order valence-electron chi connectivity index (χ3n) is 16.2. The second-order valence-corrected chi connectivity index (χ2v) is 19.7. The van der Waals surface area contributed by atoms with E-state index in [1.807, 2.05) is 0 Å². The smallest absolute Gasteiger partial charge is 0.0471 e. The van der Waals surface area contributed by atoms with E-state index in [1.54, 1.807) is 11.1 Å². The van der Waals surface area contributed by atoms with Gasteiger partial charge in [0.1, 0.15) is 0 Å². The van der Waals surface area contributed by atoms with Gasteiger partial charge in [-0.3, -0.25) is 0 Å². The summed E-state index contributed by atoms with van der Waals surface area (Å²) in [6.07, 6.45) is 6.75. The summed E-state index contributed by atoms with van der Waals surface area (Å²) in [5.41, 5.74) is 23.4. The first-order valence-corrected chi connectivity index (χ1v) is 24.3. The van der Waals surface area contributed by atoms with Crippen LogP contribution in [0.4, 0.5) is 17.1 Å². The van der Waals surface area contributed by atoms with E-state index in [-0.39, 0.29) is 5.41 Å². The minimum absolute atomic E-state index is 0.0492. The second kappa shape index (κ2) is 15.7. The summed E-state index contributed by atoms with van der Waals surface area (Å²) in [7, 11) is 0. The van der Waals surface area contributed by atoms with Gasteiger partial charge in [0.15, 0.2) is 0 Å². The quantitative estimate of drug-likeness (QED) is 0.147. The third kappa shape index (κ3) is 6.28. The van der Waals surface area contributed by atoms with Crippen LogP contribution in [0.15, 0.2) is 218 Å². The van der Waals surface area contributed by atoms with Crippen molar-refractivity contribution in [3.8, 4) is 66.8 Å². The fourth-order valence-electron chi connectivity index (χ4n) is 13.7. The molecule has 1 spiro atoms. The Hall–Kier alpha value is -7.22. The van der Waals surface area contributed by atoms with Crippen molar-refractivity contribution in [2.45, 2.75) is 44.4 Å². The van der Waals surface area contributed by atoms with E-state index >= 15 is 0 Å². The molecule has 0 saturated heterocycles. The molecule has 5 aliphatic carbocycles. The van der Waals surface area contributed by atoms with Gasteiger partial charge in [0.05, 0.1) is 0 Å². The van der Waals surface area contributed by atoms with Crippen LogP contribution in [0.2, 0.25) is 0 Å². The Labute approximate surface area is 390 Å². The third-order valence-corrected chi connectivity index (χ3v) is 16.2. The van der Waals surface area contributed by atoms with Crippen molar-refractivity contribution in [3.63, 3.8) is 0 Å². The standard InChI is InChI=1S/C65H53N/c1-43-17-11-12-28-57(43)60-41-56(66(54-26-15-24-49(38-54)46-18-5-2-6-19-46)55-27-16-25-50(39-55)47-20-7-3-8-21-47)42-63-64(60)61-40-51(59-30-14-13-29-58(59)48-22-9-4-10-23-48)31-32-62(61)65(63)52-34-44-33-45(36-52)37-53(65)35-44/h2-32,38-42,44-45,52-53H,33-37H2,1H3. The molecule has 0 radical (unpaired) electrons. The summed E-state index contributed by atoms with van der Waals surface area (Å²) in [6, 6.07) is 82.1. The zero-order chi connectivity index (χ0) is 43.8. The van der Waals surface area contributed by atoms with Gasteiger partial charge in [-0.2, -0.15) is 0 Å². The monoisotopic (exact) mass is 847 g/mol. The summed E-state index contributed by atoms with van der Waals surface area (Å²) in [4.78, 5) is 2.56. The van der Waals surface area contributed by atoms with E-state index in [4.69, 9.17) is 0 Å². The summed E-state index contributed by atoms with van der Waals surface area (Å²) < 4.78 is 0. The number of aryl methyl sites for hydroxylation is 1. The normalized spacial score (nSPS) is 20.9. The summed E-state index contributed by atoms with van der Waals surface area (Å²) in [5.74, 6) is 2.93. The highest BCUT2D eigenvalue weighted by atomic mass is 15.1. The zero-order valence-corrected chi connectivity index (χ0v) is 37.6.